The van der Waals surface area contributed by atoms with Gasteiger partial charge in [-0.15, -0.1) is 20.2 Å². The fraction of sp³-hybridized carbons (Fsp3) is 1.00. The van der Waals surface area contributed by atoms with Crippen molar-refractivity contribution in [3.63, 3.8) is 0 Å². The molecule has 0 rings (SSSR count). The van der Waals surface area contributed by atoms with E-state index in [0.29, 0.717) is 6.42 Å². The van der Waals surface area contributed by atoms with Gasteiger partial charge < -0.3 is 9.68 Å². The van der Waals surface area contributed by atoms with Gasteiger partial charge in [-0.1, -0.05) is 32.6 Å². The molecule has 0 bridgehead atoms. The summed E-state index contributed by atoms with van der Waals surface area (Å²) in [6.07, 6.45) is 3.25. The molecule has 0 aliphatic carbocycles. The first-order valence-corrected chi connectivity index (χ1v) is 5.14. The fourth-order valence-electron chi connectivity index (χ4n) is 1.23. The Bertz CT molecular complexity index is 223. The van der Waals surface area contributed by atoms with Gasteiger partial charge in [0.25, 0.3) is 10.2 Å². The van der Waals surface area contributed by atoms with Crippen LogP contribution in [0.4, 0.5) is 0 Å². The predicted molar refractivity (Wildman–Crippen MR) is 53.6 cm³/mol. The van der Waals surface area contributed by atoms with Crippen LogP contribution < -0.4 is 0 Å². The van der Waals surface area contributed by atoms with Crippen LogP contribution in [-0.4, -0.2) is 22.9 Å². The van der Waals surface area contributed by atoms with Crippen LogP contribution in [0.25, 0.3) is 0 Å². The first kappa shape index (κ1) is 14.4. The normalized spacial score (nSPS) is 11.8. The molecule has 0 aromatic heterocycles. The summed E-state index contributed by atoms with van der Waals surface area (Å²) < 4.78 is 0. The van der Waals surface area contributed by atoms with Crippen molar-refractivity contribution in [3.05, 3.63) is 20.2 Å². The van der Waals surface area contributed by atoms with Crippen molar-refractivity contribution >= 4 is 0 Å². The van der Waals surface area contributed by atoms with E-state index in [0.717, 1.165) is 25.7 Å². The van der Waals surface area contributed by atoms with Crippen LogP contribution in [0.2, 0.25) is 0 Å². The van der Waals surface area contributed by atoms with Gasteiger partial charge in [0.05, 0.1) is 0 Å². The van der Waals surface area contributed by atoms with E-state index in [-0.39, 0.29) is 0 Å². The van der Waals surface area contributed by atoms with Crippen molar-refractivity contribution in [2.75, 3.05) is 6.61 Å². The molecule has 8 heteroatoms. The Morgan fingerprint density at radius 1 is 1.12 bits per heavy atom. The van der Waals surface area contributed by atoms with E-state index in [4.69, 9.17) is 0 Å². The Labute approximate surface area is 92.7 Å². The second-order valence-corrected chi connectivity index (χ2v) is 3.32. The molecule has 0 fully saturated rings. The number of nitrogens with zero attached hydrogens (tertiary/aromatic N) is 2. The lowest BCUT2D eigenvalue weighted by Crippen LogP contribution is -2.24. The fourth-order valence-corrected chi connectivity index (χ4v) is 1.23. The molecule has 0 aromatic rings. The molecule has 0 saturated heterocycles. The minimum Gasteiger partial charge on any atom is -0.312 e. The van der Waals surface area contributed by atoms with Crippen LogP contribution in [-0.2, 0) is 9.68 Å². The number of hydrogen-bond donors (Lipinski definition) is 0. The van der Waals surface area contributed by atoms with Crippen molar-refractivity contribution < 1.29 is 19.8 Å². The Hall–Kier alpha value is -1.60. The summed E-state index contributed by atoms with van der Waals surface area (Å²) in [6, 6.07) is 0. The molecule has 0 aliphatic rings. The Morgan fingerprint density at radius 3 is 2.31 bits per heavy atom. The maximum atomic E-state index is 10.1. The van der Waals surface area contributed by atoms with Crippen molar-refractivity contribution in [3.8, 4) is 0 Å². The highest BCUT2D eigenvalue weighted by molar-refractivity contribution is 4.54. The molecule has 1 atom stereocenters. The molecule has 1 unspecified atom stereocenters. The van der Waals surface area contributed by atoms with Gasteiger partial charge in [-0.2, -0.15) is 0 Å². The van der Waals surface area contributed by atoms with E-state index >= 15 is 0 Å². The lowest BCUT2D eigenvalue weighted by Gasteiger charge is -2.12. The average Bonchev–Trinajstić information content (AvgIpc) is 2.19. The molecular weight excluding hydrogens is 220 g/mol. The largest absolute Gasteiger partial charge is 0.312 e. The molecule has 0 radical (unpaired) electrons. The minimum atomic E-state index is -0.984. The molecular formula is C8H16N2O6. The number of unbranched alkanes of at least 4 members (excludes halogenated alkanes) is 3. The molecule has 94 valence electrons. The van der Waals surface area contributed by atoms with Crippen LogP contribution in [0.3, 0.4) is 0 Å². The minimum absolute atomic E-state index is 0.384. The summed E-state index contributed by atoms with van der Waals surface area (Å²) in [6.45, 7) is 1.64. The third kappa shape index (κ3) is 8.97. The molecule has 0 aromatic carbocycles. The lowest BCUT2D eigenvalue weighted by atomic mass is 10.1. The van der Waals surface area contributed by atoms with Crippen molar-refractivity contribution in [1.29, 1.82) is 0 Å². The van der Waals surface area contributed by atoms with Crippen LogP contribution in [0.5, 0.6) is 0 Å². The van der Waals surface area contributed by atoms with Gasteiger partial charge in [0.2, 0.25) is 0 Å². The van der Waals surface area contributed by atoms with E-state index in [1.165, 1.54) is 0 Å². The first-order valence-electron chi connectivity index (χ1n) is 5.14. The van der Waals surface area contributed by atoms with Crippen LogP contribution in [0.15, 0.2) is 0 Å². The lowest BCUT2D eigenvalue weighted by molar-refractivity contribution is -0.790. The SMILES string of the molecule is CCCCCCC(CO[N+](=O)[O-])O[N+](=O)[O-]. The molecule has 8 nitrogen and oxygen atoms in total. The van der Waals surface area contributed by atoms with Crippen LogP contribution in [0.1, 0.15) is 39.0 Å². The number of hydrogen-bond acceptors (Lipinski definition) is 6. The van der Waals surface area contributed by atoms with Gasteiger partial charge in [-0.3, -0.25) is 0 Å². The van der Waals surface area contributed by atoms with Crippen molar-refractivity contribution in [2.24, 2.45) is 0 Å². The van der Waals surface area contributed by atoms with E-state index < -0.39 is 22.9 Å². The van der Waals surface area contributed by atoms with E-state index in [1.54, 1.807) is 0 Å². The van der Waals surface area contributed by atoms with Crippen molar-refractivity contribution in [2.45, 2.75) is 45.1 Å². The third-order valence-corrected chi connectivity index (χ3v) is 1.98. The summed E-state index contributed by atoms with van der Waals surface area (Å²) >= 11 is 0. The average molecular weight is 236 g/mol. The Morgan fingerprint density at radius 2 is 1.81 bits per heavy atom. The standard InChI is InChI=1S/C8H16N2O6/c1-2-3-4-5-6-8(16-10(13)14)7-15-9(11)12/h8H,2-7H2,1H3. The zero-order chi connectivity index (χ0) is 12.4. The molecule has 0 aliphatic heterocycles. The molecule has 0 heterocycles. The molecule has 0 saturated carbocycles. The Balaban J connectivity index is 3.80. The van der Waals surface area contributed by atoms with Gasteiger partial charge in [0.1, 0.15) is 12.7 Å². The Kier molecular flexibility index (Phi) is 7.82. The van der Waals surface area contributed by atoms with E-state index in [2.05, 4.69) is 9.68 Å². The van der Waals surface area contributed by atoms with Gasteiger partial charge in [-0.05, 0) is 6.42 Å². The second-order valence-electron chi connectivity index (χ2n) is 3.32. The first-order chi connectivity index (χ1) is 7.56. The maximum Gasteiger partial charge on any atom is 0.294 e. The third-order valence-electron chi connectivity index (χ3n) is 1.98. The second kappa shape index (κ2) is 8.69. The highest BCUT2D eigenvalue weighted by Crippen LogP contribution is 2.09. The van der Waals surface area contributed by atoms with Gasteiger partial charge in [0.15, 0.2) is 0 Å². The van der Waals surface area contributed by atoms with Crippen molar-refractivity contribution in [1.82, 2.24) is 0 Å². The quantitative estimate of drug-likeness (QED) is 0.325. The molecule has 0 spiro atoms. The summed E-state index contributed by atoms with van der Waals surface area (Å²) in [7, 11) is 0. The molecule has 0 N–H and O–H groups in total. The summed E-state index contributed by atoms with van der Waals surface area (Å²) in [5.74, 6) is 0. The predicted octanol–water partition coefficient (Wildman–Crippen LogP) is 1.74. The van der Waals surface area contributed by atoms with Crippen LogP contribution >= 0.6 is 0 Å². The summed E-state index contributed by atoms with van der Waals surface area (Å²) in [5.41, 5.74) is 0. The molecule has 16 heavy (non-hydrogen) atoms. The monoisotopic (exact) mass is 236 g/mol. The highest BCUT2D eigenvalue weighted by Gasteiger charge is 2.15. The van der Waals surface area contributed by atoms with Crippen LogP contribution in [0, 0.1) is 20.2 Å². The smallest absolute Gasteiger partial charge is 0.294 e. The highest BCUT2D eigenvalue weighted by atomic mass is 17.0. The topological polar surface area (TPSA) is 105 Å². The van der Waals surface area contributed by atoms with E-state index in [1.807, 2.05) is 6.92 Å². The summed E-state index contributed by atoms with van der Waals surface area (Å²) in [5, 5.41) is 18.1. The summed E-state index contributed by atoms with van der Waals surface area (Å²) in [4.78, 5) is 28.4. The van der Waals surface area contributed by atoms with Gasteiger partial charge >= 0.3 is 0 Å². The zero-order valence-electron chi connectivity index (χ0n) is 9.16. The molecule has 0 amide bonds. The number of rotatable bonds is 10. The zero-order valence-corrected chi connectivity index (χ0v) is 9.16. The van der Waals surface area contributed by atoms with E-state index in [9.17, 15) is 20.2 Å². The maximum absolute atomic E-state index is 10.1. The van der Waals surface area contributed by atoms with Gasteiger partial charge in [-0.25, -0.2) is 0 Å². The van der Waals surface area contributed by atoms with Gasteiger partial charge in [0, 0.05) is 0 Å².